The summed E-state index contributed by atoms with van der Waals surface area (Å²) in [6, 6.07) is 8.39. The molecule has 1 aromatic heterocycles. The summed E-state index contributed by atoms with van der Waals surface area (Å²) in [5.74, 6) is -0.359. The molecule has 0 unspecified atom stereocenters. The van der Waals surface area contributed by atoms with Gasteiger partial charge in [0.05, 0.1) is 0 Å². The highest BCUT2D eigenvalue weighted by Gasteiger charge is 2.03. The fraction of sp³-hybridized carbons (Fsp3) is 0.333. The lowest BCUT2D eigenvalue weighted by atomic mass is 10.1. The monoisotopic (exact) mass is 219 g/mol. The number of aromatic nitrogens is 1. The van der Waals surface area contributed by atoms with E-state index in [1.54, 1.807) is 0 Å². The fourth-order valence-electron chi connectivity index (χ4n) is 1.52. The van der Waals surface area contributed by atoms with E-state index < -0.39 is 5.82 Å². The van der Waals surface area contributed by atoms with Crippen LogP contribution in [0.25, 0.3) is 0 Å². The van der Waals surface area contributed by atoms with Crippen molar-refractivity contribution in [1.82, 2.24) is 5.16 Å². The Bertz CT molecular complexity index is 495. The Labute approximate surface area is 92.9 Å². The number of aryl methyl sites for hydroxylation is 3. The normalized spacial score (nSPS) is 10.6. The maximum atomic E-state index is 10.6. The Morgan fingerprint density at radius 2 is 1.94 bits per heavy atom. The first-order valence-electron chi connectivity index (χ1n) is 5.25. The molecule has 0 fully saturated rings. The quantitative estimate of drug-likeness (QED) is 0.790. The highest BCUT2D eigenvalue weighted by atomic mass is 16.6. The minimum absolute atomic E-state index is 0.372. The second kappa shape index (κ2) is 4.79. The molecule has 0 atom stereocenters. The van der Waals surface area contributed by atoms with E-state index in [-0.39, 0.29) is 0 Å². The molecule has 1 heterocycles. The van der Waals surface area contributed by atoms with Crippen molar-refractivity contribution in [2.75, 3.05) is 0 Å². The molecule has 2 aromatic rings. The molecule has 16 heavy (non-hydrogen) atoms. The van der Waals surface area contributed by atoms with Crippen LogP contribution in [0.15, 0.2) is 38.0 Å². The molecule has 0 radical (unpaired) electrons. The Morgan fingerprint density at radius 3 is 2.56 bits per heavy atom. The minimum Gasteiger partial charge on any atom is -0.375 e. The van der Waals surface area contributed by atoms with Crippen molar-refractivity contribution >= 4 is 0 Å². The molecule has 0 saturated heterocycles. The first-order valence-corrected chi connectivity index (χ1v) is 5.25. The van der Waals surface area contributed by atoms with Crippen molar-refractivity contribution in [1.29, 1.82) is 0 Å². The van der Waals surface area contributed by atoms with Gasteiger partial charge in [-0.25, -0.2) is 4.79 Å². The lowest BCUT2D eigenvalue weighted by Crippen LogP contribution is -1.91. The van der Waals surface area contributed by atoms with Gasteiger partial charge in [-0.05, 0) is 30.5 Å². The molecule has 0 N–H and O–H groups in total. The van der Waals surface area contributed by atoms with Gasteiger partial charge in [-0.2, -0.15) is 0 Å². The maximum Gasteiger partial charge on any atom is 0.542 e. The van der Waals surface area contributed by atoms with E-state index in [0.717, 1.165) is 12.8 Å². The van der Waals surface area contributed by atoms with E-state index in [4.69, 9.17) is 4.42 Å². The summed E-state index contributed by atoms with van der Waals surface area (Å²) in [5, 5.41) is 3.51. The van der Waals surface area contributed by atoms with Crippen LogP contribution in [0.1, 0.15) is 23.4 Å². The molecular weight excluding hydrogens is 206 g/mol. The van der Waals surface area contributed by atoms with Gasteiger partial charge in [-0.1, -0.05) is 29.8 Å². The van der Waals surface area contributed by atoms with Crippen LogP contribution in [0.3, 0.4) is 0 Å². The zero-order valence-electron chi connectivity index (χ0n) is 9.10. The predicted octanol–water partition coefficient (Wildman–Crippen LogP) is 2.11. The molecule has 0 aliphatic rings. The summed E-state index contributed by atoms with van der Waals surface area (Å²) < 4.78 is 9.02. The molecule has 2 rings (SSSR count). The van der Waals surface area contributed by atoms with E-state index in [0.29, 0.717) is 12.3 Å². The van der Waals surface area contributed by atoms with Gasteiger partial charge in [-0.3, -0.25) is 4.52 Å². The fourth-order valence-corrected chi connectivity index (χ4v) is 1.52. The third-order valence-corrected chi connectivity index (χ3v) is 2.40. The van der Waals surface area contributed by atoms with E-state index in [1.165, 1.54) is 11.1 Å². The third-order valence-electron chi connectivity index (χ3n) is 2.40. The molecule has 0 amide bonds. The van der Waals surface area contributed by atoms with Gasteiger partial charge >= 0.3 is 5.82 Å². The SMILES string of the molecule is Cc1ccc(CCCc2noc(=O)o2)cc1. The Kier molecular flexibility index (Phi) is 3.19. The lowest BCUT2D eigenvalue weighted by molar-refractivity contribution is 0.334. The molecule has 4 nitrogen and oxygen atoms in total. The maximum absolute atomic E-state index is 10.6. The van der Waals surface area contributed by atoms with Crippen LogP contribution in [-0.4, -0.2) is 5.16 Å². The first-order chi connectivity index (χ1) is 7.74. The van der Waals surface area contributed by atoms with E-state index in [9.17, 15) is 4.79 Å². The highest BCUT2D eigenvalue weighted by molar-refractivity contribution is 5.21. The van der Waals surface area contributed by atoms with Crippen molar-refractivity contribution in [3.63, 3.8) is 0 Å². The van der Waals surface area contributed by atoms with Crippen LogP contribution < -0.4 is 5.82 Å². The van der Waals surface area contributed by atoms with Crippen molar-refractivity contribution in [3.8, 4) is 0 Å². The van der Waals surface area contributed by atoms with Crippen LogP contribution in [0.4, 0.5) is 0 Å². The standard InChI is InChI=1S/C12H13NO3/c1-9-5-7-10(8-6-9)3-2-4-11-13-16-12(14)15-11/h5-8H,2-4H2,1H3. The van der Waals surface area contributed by atoms with E-state index >= 15 is 0 Å². The summed E-state index contributed by atoms with van der Waals surface area (Å²) in [6.07, 6.45) is 2.45. The highest BCUT2D eigenvalue weighted by Crippen LogP contribution is 2.07. The van der Waals surface area contributed by atoms with Gasteiger partial charge in [0.2, 0.25) is 5.89 Å². The number of hydrogen-bond acceptors (Lipinski definition) is 4. The second-order valence-corrected chi connectivity index (χ2v) is 3.77. The molecule has 0 spiro atoms. The summed E-state index contributed by atoms with van der Waals surface area (Å²) in [5.41, 5.74) is 2.53. The van der Waals surface area contributed by atoms with E-state index in [2.05, 4.69) is 40.9 Å². The molecule has 4 heteroatoms. The zero-order chi connectivity index (χ0) is 11.4. The molecule has 0 aliphatic carbocycles. The van der Waals surface area contributed by atoms with E-state index in [1.807, 2.05) is 0 Å². The molecular formula is C12H13NO3. The summed E-state index contributed by atoms with van der Waals surface area (Å²) in [4.78, 5) is 10.6. The summed E-state index contributed by atoms with van der Waals surface area (Å²) in [6.45, 7) is 2.06. The van der Waals surface area contributed by atoms with Gasteiger partial charge in [0, 0.05) is 6.42 Å². The van der Waals surface area contributed by atoms with Gasteiger partial charge < -0.3 is 4.42 Å². The number of hydrogen-bond donors (Lipinski definition) is 0. The van der Waals surface area contributed by atoms with Gasteiger partial charge in [-0.15, -0.1) is 0 Å². The number of nitrogens with zero attached hydrogens (tertiary/aromatic N) is 1. The first kappa shape index (κ1) is 10.7. The Morgan fingerprint density at radius 1 is 1.19 bits per heavy atom. The summed E-state index contributed by atoms with van der Waals surface area (Å²) >= 11 is 0. The summed E-state index contributed by atoms with van der Waals surface area (Å²) in [7, 11) is 0. The van der Waals surface area contributed by atoms with Crippen molar-refractivity contribution in [2.45, 2.75) is 26.2 Å². The second-order valence-electron chi connectivity index (χ2n) is 3.77. The van der Waals surface area contributed by atoms with Gasteiger partial charge in [0.25, 0.3) is 0 Å². The van der Waals surface area contributed by atoms with Crippen LogP contribution in [0.2, 0.25) is 0 Å². The van der Waals surface area contributed by atoms with Crippen LogP contribution in [-0.2, 0) is 12.8 Å². The Hall–Kier alpha value is -1.84. The number of rotatable bonds is 4. The van der Waals surface area contributed by atoms with Crippen molar-refractivity contribution < 1.29 is 8.94 Å². The third kappa shape index (κ3) is 2.82. The van der Waals surface area contributed by atoms with Crippen molar-refractivity contribution in [2.24, 2.45) is 0 Å². The molecule has 0 aliphatic heterocycles. The average Bonchev–Trinajstić information content (AvgIpc) is 2.67. The van der Waals surface area contributed by atoms with Gasteiger partial charge in [0.15, 0.2) is 0 Å². The molecule has 84 valence electrons. The van der Waals surface area contributed by atoms with Crippen LogP contribution in [0.5, 0.6) is 0 Å². The lowest BCUT2D eigenvalue weighted by Gasteiger charge is -1.99. The smallest absolute Gasteiger partial charge is 0.375 e. The topological polar surface area (TPSA) is 56.2 Å². The zero-order valence-corrected chi connectivity index (χ0v) is 9.10. The van der Waals surface area contributed by atoms with Crippen LogP contribution >= 0.6 is 0 Å². The largest absolute Gasteiger partial charge is 0.542 e. The van der Waals surface area contributed by atoms with Crippen molar-refractivity contribution in [3.05, 3.63) is 51.9 Å². The predicted molar refractivity (Wildman–Crippen MR) is 58.2 cm³/mol. The Balaban J connectivity index is 1.84. The van der Waals surface area contributed by atoms with Crippen LogP contribution in [0, 0.1) is 6.92 Å². The molecule has 0 saturated carbocycles. The van der Waals surface area contributed by atoms with Gasteiger partial charge in [0.1, 0.15) is 0 Å². The minimum atomic E-state index is -0.731. The number of benzene rings is 1. The average molecular weight is 219 g/mol. The molecule has 1 aromatic carbocycles. The molecule has 0 bridgehead atoms.